The first-order valence-corrected chi connectivity index (χ1v) is 5.33. The molecule has 1 aromatic rings. The van der Waals surface area contributed by atoms with Crippen LogP contribution in [0.3, 0.4) is 0 Å². The number of rotatable bonds is 2. The molecule has 0 atom stereocenters. The van der Waals surface area contributed by atoms with E-state index in [0.29, 0.717) is 0 Å². The molecule has 2 nitrogen and oxygen atoms in total. The summed E-state index contributed by atoms with van der Waals surface area (Å²) in [6.45, 7) is 5.16. The molecule has 1 saturated carbocycles. The fraction of sp³-hybridized carbons (Fsp3) is 0.727. The minimum absolute atomic E-state index is 0.0173. The molecule has 0 N–H and O–H groups in total. The zero-order chi connectivity index (χ0) is 12.1. The highest BCUT2D eigenvalue weighted by atomic mass is 19.4. The SMILES string of the molecule is CC(C)c1noc(C2(C)CC2)c1C(F)(F)F. The van der Waals surface area contributed by atoms with Crippen LogP contribution in [0.5, 0.6) is 0 Å². The Hall–Kier alpha value is -1.00. The minimum Gasteiger partial charge on any atom is -0.360 e. The summed E-state index contributed by atoms with van der Waals surface area (Å²) in [5, 5.41) is 3.59. The van der Waals surface area contributed by atoms with Gasteiger partial charge in [-0.1, -0.05) is 25.9 Å². The van der Waals surface area contributed by atoms with Crippen molar-refractivity contribution in [3.8, 4) is 0 Å². The fourth-order valence-electron chi connectivity index (χ4n) is 1.80. The van der Waals surface area contributed by atoms with Crippen molar-refractivity contribution in [2.75, 3.05) is 0 Å². The topological polar surface area (TPSA) is 26.0 Å². The Bertz CT molecular complexity index is 402. The molecule has 16 heavy (non-hydrogen) atoms. The molecule has 1 aromatic heterocycles. The van der Waals surface area contributed by atoms with Crippen LogP contribution in [0.15, 0.2) is 4.52 Å². The zero-order valence-corrected chi connectivity index (χ0v) is 9.48. The summed E-state index contributed by atoms with van der Waals surface area (Å²) >= 11 is 0. The van der Waals surface area contributed by atoms with Crippen molar-refractivity contribution in [3.63, 3.8) is 0 Å². The van der Waals surface area contributed by atoms with Crippen LogP contribution in [0, 0.1) is 0 Å². The van der Waals surface area contributed by atoms with Crippen LogP contribution in [0.25, 0.3) is 0 Å². The van der Waals surface area contributed by atoms with Gasteiger partial charge in [-0.2, -0.15) is 13.2 Å². The molecule has 0 amide bonds. The summed E-state index contributed by atoms with van der Waals surface area (Å²) in [4.78, 5) is 0. The number of hydrogen-bond donors (Lipinski definition) is 0. The van der Waals surface area contributed by atoms with Crippen LogP contribution < -0.4 is 0 Å². The third kappa shape index (κ3) is 1.72. The van der Waals surface area contributed by atoms with E-state index in [1.807, 2.05) is 0 Å². The van der Waals surface area contributed by atoms with Gasteiger partial charge in [-0.3, -0.25) is 0 Å². The Morgan fingerprint density at radius 3 is 2.25 bits per heavy atom. The van der Waals surface area contributed by atoms with E-state index in [1.54, 1.807) is 20.8 Å². The molecule has 0 radical (unpaired) electrons. The van der Waals surface area contributed by atoms with Gasteiger partial charge in [0.1, 0.15) is 5.56 Å². The molecule has 1 aliphatic carbocycles. The summed E-state index contributed by atoms with van der Waals surface area (Å²) in [6.07, 6.45) is -2.90. The van der Waals surface area contributed by atoms with Crippen LogP contribution in [-0.4, -0.2) is 5.16 Å². The zero-order valence-electron chi connectivity index (χ0n) is 9.48. The molecule has 5 heteroatoms. The van der Waals surface area contributed by atoms with Crippen molar-refractivity contribution in [3.05, 3.63) is 17.0 Å². The maximum absolute atomic E-state index is 13.0. The maximum atomic E-state index is 13.0. The van der Waals surface area contributed by atoms with Gasteiger partial charge in [0.25, 0.3) is 0 Å². The summed E-state index contributed by atoms with van der Waals surface area (Å²) in [5.41, 5.74) is -1.08. The number of hydrogen-bond acceptors (Lipinski definition) is 2. The smallest absolute Gasteiger partial charge is 0.360 e. The molecule has 1 aliphatic rings. The lowest BCUT2D eigenvalue weighted by molar-refractivity contribution is -0.139. The Labute approximate surface area is 91.8 Å². The van der Waals surface area contributed by atoms with E-state index in [2.05, 4.69) is 5.16 Å². The molecule has 1 heterocycles. The van der Waals surface area contributed by atoms with E-state index in [-0.39, 0.29) is 17.4 Å². The lowest BCUT2D eigenvalue weighted by atomic mass is 9.96. The Morgan fingerprint density at radius 1 is 1.31 bits per heavy atom. The molecule has 0 unspecified atom stereocenters. The van der Waals surface area contributed by atoms with Gasteiger partial charge in [0.05, 0.1) is 5.69 Å². The fourth-order valence-corrected chi connectivity index (χ4v) is 1.80. The van der Waals surface area contributed by atoms with Gasteiger partial charge in [-0.05, 0) is 18.8 Å². The largest absolute Gasteiger partial charge is 0.421 e. The third-order valence-electron chi connectivity index (χ3n) is 3.10. The van der Waals surface area contributed by atoms with Crippen molar-refractivity contribution in [2.24, 2.45) is 0 Å². The second kappa shape index (κ2) is 3.25. The number of nitrogens with zero attached hydrogens (tertiary/aromatic N) is 1. The first kappa shape index (κ1) is 11.5. The number of halogens is 3. The van der Waals surface area contributed by atoms with Crippen LogP contribution in [0.1, 0.15) is 56.5 Å². The predicted octanol–water partition coefficient (Wildman–Crippen LogP) is 3.87. The highest BCUT2D eigenvalue weighted by molar-refractivity contribution is 5.36. The lowest BCUT2D eigenvalue weighted by Crippen LogP contribution is -2.14. The van der Waals surface area contributed by atoms with E-state index in [4.69, 9.17) is 4.52 Å². The Kier molecular flexibility index (Phi) is 2.33. The average Bonchev–Trinajstić information content (AvgIpc) is 2.72. The molecule has 2 rings (SSSR count). The maximum Gasteiger partial charge on any atom is 0.421 e. The van der Waals surface area contributed by atoms with Crippen LogP contribution in [0.4, 0.5) is 13.2 Å². The van der Waals surface area contributed by atoms with Crippen molar-refractivity contribution in [1.82, 2.24) is 5.16 Å². The third-order valence-corrected chi connectivity index (χ3v) is 3.10. The van der Waals surface area contributed by atoms with Crippen LogP contribution >= 0.6 is 0 Å². The second-order valence-corrected chi connectivity index (χ2v) is 4.99. The van der Waals surface area contributed by atoms with Crippen molar-refractivity contribution in [2.45, 2.75) is 51.1 Å². The van der Waals surface area contributed by atoms with Gasteiger partial charge in [0.2, 0.25) is 0 Å². The molecule has 0 bridgehead atoms. The van der Waals surface area contributed by atoms with Gasteiger partial charge in [-0.15, -0.1) is 0 Å². The first-order chi connectivity index (χ1) is 7.26. The Morgan fingerprint density at radius 2 is 1.88 bits per heavy atom. The minimum atomic E-state index is -4.37. The molecule has 90 valence electrons. The van der Waals surface area contributed by atoms with E-state index < -0.39 is 17.2 Å². The molecule has 1 fully saturated rings. The summed E-state index contributed by atoms with van der Waals surface area (Å²) < 4.78 is 43.8. The van der Waals surface area contributed by atoms with E-state index >= 15 is 0 Å². The van der Waals surface area contributed by atoms with Gasteiger partial charge in [0, 0.05) is 5.41 Å². The molecule has 0 aromatic carbocycles. The Balaban J connectivity index is 2.55. The summed E-state index contributed by atoms with van der Waals surface area (Å²) in [7, 11) is 0. The molecule has 0 saturated heterocycles. The van der Waals surface area contributed by atoms with E-state index in [0.717, 1.165) is 12.8 Å². The highest BCUT2D eigenvalue weighted by Gasteiger charge is 2.51. The average molecular weight is 233 g/mol. The lowest BCUT2D eigenvalue weighted by Gasteiger charge is -2.12. The van der Waals surface area contributed by atoms with Crippen molar-refractivity contribution in [1.29, 1.82) is 0 Å². The first-order valence-electron chi connectivity index (χ1n) is 5.33. The van der Waals surface area contributed by atoms with Gasteiger partial charge in [-0.25, -0.2) is 0 Å². The van der Waals surface area contributed by atoms with Gasteiger partial charge >= 0.3 is 6.18 Å². The second-order valence-electron chi connectivity index (χ2n) is 4.99. The normalized spacial score (nSPS) is 19.2. The van der Waals surface area contributed by atoms with Crippen molar-refractivity contribution >= 4 is 0 Å². The van der Waals surface area contributed by atoms with Crippen LogP contribution in [0.2, 0.25) is 0 Å². The number of alkyl halides is 3. The monoisotopic (exact) mass is 233 g/mol. The van der Waals surface area contributed by atoms with Gasteiger partial charge in [0.15, 0.2) is 5.76 Å². The predicted molar refractivity (Wildman–Crippen MR) is 52.2 cm³/mol. The van der Waals surface area contributed by atoms with Crippen LogP contribution in [-0.2, 0) is 11.6 Å². The van der Waals surface area contributed by atoms with E-state index in [9.17, 15) is 13.2 Å². The van der Waals surface area contributed by atoms with E-state index in [1.165, 1.54) is 0 Å². The van der Waals surface area contributed by atoms with Gasteiger partial charge < -0.3 is 4.52 Å². The molecule has 0 spiro atoms. The highest BCUT2D eigenvalue weighted by Crippen LogP contribution is 2.52. The quantitative estimate of drug-likeness (QED) is 0.775. The van der Waals surface area contributed by atoms with Crippen molar-refractivity contribution < 1.29 is 17.7 Å². The summed E-state index contributed by atoms with van der Waals surface area (Å²) in [6, 6.07) is 0. The molecular weight excluding hydrogens is 219 g/mol. The standard InChI is InChI=1S/C11H14F3NO/c1-6(2)8-7(11(12,13)14)9(16-15-8)10(3)4-5-10/h6H,4-5H2,1-3H3. The molecule has 0 aliphatic heterocycles. The summed E-state index contributed by atoms with van der Waals surface area (Å²) in [5.74, 6) is -0.264. The molecular formula is C11H14F3NO. The number of aromatic nitrogens is 1.